The van der Waals surface area contributed by atoms with Crippen molar-refractivity contribution in [3.05, 3.63) is 77.1 Å². The largest absolute Gasteiger partial charge is 0.508 e. The molecule has 0 unspecified atom stereocenters. The van der Waals surface area contributed by atoms with Crippen molar-refractivity contribution in [3.8, 4) is 17.2 Å². The van der Waals surface area contributed by atoms with Gasteiger partial charge < -0.3 is 14.9 Å². The normalized spacial score (nSPS) is 17.0. The van der Waals surface area contributed by atoms with Crippen molar-refractivity contribution in [2.75, 3.05) is 0 Å². The van der Waals surface area contributed by atoms with Crippen LogP contribution in [0.4, 0.5) is 0 Å². The second kappa shape index (κ2) is 8.17. The Morgan fingerprint density at radius 3 is 2.52 bits per heavy atom. The van der Waals surface area contributed by atoms with Gasteiger partial charge in [-0.25, -0.2) is 0 Å². The molecule has 140 valence electrons. The van der Waals surface area contributed by atoms with E-state index >= 15 is 0 Å². The van der Waals surface area contributed by atoms with E-state index in [9.17, 15) is 10.2 Å². The first-order chi connectivity index (χ1) is 12.9. The van der Waals surface area contributed by atoms with Gasteiger partial charge in [-0.1, -0.05) is 42.5 Å². The van der Waals surface area contributed by atoms with E-state index in [2.05, 4.69) is 19.6 Å². The number of phenolic OH excluding ortho intramolecular Hbond substituents is 2. The third-order valence-electron chi connectivity index (χ3n) is 4.73. The summed E-state index contributed by atoms with van der Waals surface area (Å²) in [7, 11) is 0. The lowest BCUT2D eigenvalue weighted by Gasteiger charge is -2.24. The van der Waals surface area contributed by atoms with Gasteiger partial charge in [-0.15, -0.1) is 0 Å². The van der Waals surface area contributed by atoms with E-state index < -0.39 is 0 Å². The maximum atomic E-state index is 10.2. The first-order valence-electron chi connectivity index (χ1n) is 9.27. The Morgan fingerprint density at radius 1 is 1.11 bits per heavy atom. The summed E-state index contributed by atoms with van der Waals surface area (Å²) in [6.45, 7) is 7.82. The standard InChI is InChI=1S/C24H26O3/c1-16(2)27-23-15-22(26)14-20(10-7-18-8-11-21(25)12-9-18)24(23)19-6-4-5-17(3)13-19/h7-15,19,25-26H,1,4-6H2,2-3H3/b10-7+/t19-/m0/s1. The molecule has 0 fully saturated rings. The maximum Gasteiger partial charge on any atom is 0.134 e. The number of allylic oxidation sites excluding steroid dienone is 3. The number of hydrogen-bond donors (Lipinski definition) is 2. The smallest absolute Gasteiger partial charge is 0.134 e. The highest BCUT2D eigenvalue weighted by Crippen LogP contribution is 2.41. The van der Waals surface area contributed by atoms with E-state index in [0.29, 0.717) is 11.5 Å². The topological polar surface area (TPSA) is 49.7 Å². The molecule has 0 heterocycles. The Labute approximate surface area is 160 Å². The third-order valence-corrected chi connectivity index (χ3v) is 4.73. The van der Waals surface area contributed by atoms with Gasteiger partial charge in [-0.3, -0.25) is 0 Å². The number of benzene rings is 2. The molecule has 0 spiro atoms. The van der Waals surface area contributed by atoms with Gasteiger partial charge in [0.1, 0.15) is 17.2 Å². The molecule has 1 atom stereocenters. The summed E-state index contributed by atoms with van der Waals surface area (Å²) in [5, 5.41) is 19.7. The fourth-order valence-electron chi connectivity index (χ4n) is 3.55. The molecule has 1 aliphatic rings. The molecule has 0 amide bonds. The molecule has 0 aromatic heterocycles. The SMILES string of the molecule is C=C(C)Oc1cc(O)cc(/C=C/c2ccc(O)cc2)c1[C@@H]1C=C(C)CCC1. The monoisotopic (exact) mass is 362 g/mol. The van der Waals surface area contributed by atoms with Gasteiger partial charge >= 0.3 is 0 Å². The number of ether oxygens (including phenoxy) is 1. The average Bonchev–Trinajstić information content (AvgIpc) is 2.60. The van der Waals surface area contributed by atoms with E-state index in [1.165, 1.54) is 5.57 Å². The fraction of sp³-hybridized carbons (Fsp3) is 0.250. The van der Waals surface area contributed by atoms with Gasteiger partial charge in [0.05, 0.1) is 5.76 Å². The minimum absolute atomic E-state index is 0.164. The van der Waals surface area contributed by atoms with Crippen LogP contribution in [0.25, 0.3) is 12.2 Å². The first-order valence-corrected chi connectivity index (χ1v) is 9.27. The van der Waals surface area contributed by atoms with E-state index in [1.54, 1.807) is 24.3 Å². The molecule has 0 bridgehead atoms. The van der Waals surface area contributed by atoms with Crippen molar-refractivity contribution in [2.45, 2.75) is 39.0 Å². The molecule has 27 heavy (non-hydrogen) atoms. The highest BCUT2D eigenvalue weighted by molar-refractivity contribution is 5.74. The molecule has 0 saturated carbocycles. The summed E-state index contributed by atoms with van der Waals surface area (Å²) in [4.78, 5) is 0. The molecule has 3 rings (SSSR count). The molecule has 3 nitrogen and oxygen atoms in total. The van der Waals surface area contributed by atoms with Crippen LogP contribution in [0.5, 0.6) is 17.2 Å². The van der Waals surface area contributed by atoms with Gasteiger partial charge in [-0.05, 0) is 62.4 Å². The van der Waals surface area contributed by atoms with Crippen LogP contribution in [-0.4, -0.2) is 10.2 Å². The summed E-state index contributed by atoms with van der Waals surface area (Å²) in [5.74, 6) is 1.89. The van der Waals surface area contributed by atoms with Crippen molar-refractivity contribution < 1.29 is 14.9 Å². The molecular weight excluding hydrogens is 336 g/mol. The second-order valence-electron chi connectivity index (χ2n) is 7.19. The molecule has 2 aromatic rings. The molecule has 1 aliphatic carbocycles. The molecular formula is C24H26O3. The molecule has 2 aromatic carbocycles. The quantitative estimate of drug-likeness (QED) is 0.368. The Hall–Kier alpha value is -2.94. The van der Waals surface area contributed by atoms with Crippen LogP contribution in [0.3, 0.4) is 0 Å². The van der Waals surface area contributed by atoms with Crippen molar-refractivity contribution in [2.24, 2.45) is 0 Å². The van der Waals surface area contributed by atoms with Crippen molar-refractivity contribution in [3.63, 3.8) is 0 Å². The van der Waals surface area contributed by atoms with Crippen LogP contribution in [0, 0.1) is 0 Å². The van der Waals surface area contributed by atoms with Crippen LogP contribution >= 0.6 is 0 Å². The Balaban J connectivity index is 2.07. The lowest BCUT2D eigenvalue weighted by atomic mass is 9.83. The van der Waals surface area contributed by atoms with E-state index in [-0.39, 0.29) is 17.4 Å². The van der Waals surface area contributed by atoms with Crippen LogP contribution in [-0.2, 0) is 0 Å². The average molecular weight is 362 g/mol. The maximum absolute atomic E-state index is 10.2. The van der Waals surface area contributed by atoms with Gasteiger partial charge in [0, 0.05) is 17.5 Å². The number of rotatable bonds is 5. The van der Waals surface area contributed by atoms with E-state index in [4.69, 9.17) is 4.74 Å². The molecule has 0 saturated heterocycles. The fourth-order valence-corrected chi connectivity index (χ4v) is 3.55. The van der Waals surface area contributed by atoms with Crippen molar-refractivity contribution in [1.82, 2.24) is 0 Å². The van der Waals surface area contributed by atoms with Gasteiger partial charge in [0.2, 0.25) is 0 Å². The van der Waals surface area contributed by atoms with Crippen LogP contribution in [0.1, 0.15) is 55.7 Å². The van der Waals surface area contributed by atoms with Crippen molar-refractivity contribution in [1.29, 1.82) is 0 Å². The first kappa shape index (κ1) is 18.8. The Kier molecular flexibility index (Phi) is 5.70. The zero-order chi connectivity index (χ0) is 19.4. The van der Waals surface area contributed by atoms with Gasteiger partial charge in [-0.2, -0.15) is 0 Å². The highest BCUT2D eigenvalue weighted by Gasteiger charge is 2.22. The van der Waals surface area contributed by atoms with Crippen LogP contribution < -0.4 is 4.74 Å². The summed E-state index contributed by atoms with van der Waals surface area (Å²) in [5.41, 5.74) is 4.36. The Morgan fingerprint density at radius 2 is 1.85 bits per heavy atom. The Bertz CT molecular complexity index is 889. The molecule has 0 aliphatic heterocycles. The number of aromatic hydroxyl groups is 2. The van der Waals surface area contributed by atoms with Gasteiger partial charge in [0.25, 0.3) is 0 Å². The predicted molar refractivity (Wildman–Crippen MR) is 111 cm³/mol. The summed E-state index contributed by atoms with van der Waals surface area (Å²) in [6.07, 6.45) is 9.59. The van der Waals surface area contributed by atoms with E-state index in [1.807, 2.05) is 31.2 Å². The number of hydrogen-bond acceptors (Lipinski definition) is 3. The second-order valence-corrected chi connectivity index (χ2v) is 7.19. The molecule has 2 N–H and O–H groups in total. The summed E-state index contributed by atoms with van der Waals surface area (Å²) >= 11 is 0. The summed E-state index contributed by atoms with van der Waals surface area (Å²) in [6, 6.07) is 10.5. The van der Waals surface area contributed by atoms with Gasteiger partial charge in [0.15, 0.2) is 0 Å². The zero-order valence-electron chi connectivity index (χ0n) is 15.9. The minimum Gasteiger partial charge on any atom is -0.508 e. The molecule has 3 heteroatoms. The van der Waals surface area contributed by atoms with E-state index in [0.717, 1.165) is 36.0 Å². The minimum atomic E-state index is 0.164. The highest BCUT2D eigenvalue weighted by atomic mass is 16.5. The van der Waals surface area contributed by atoms with Crippen molar-refractivity contribution >= 4 is 12.2 Å². The number of phenols is 2. The summed E-state index contributed by atoms with van der Waals surface area (Å²) < 4.78 is 5.87. The third kappa shape index (κ3) is 4.82. The lowest BCUT2D eigenvalue weighted by Crippen LogP contribution is -2.07. The zero-order valence-corrected chi connectivity index (χ0v) is 15.9. The van der Waals surface area contributed by atoms with Crippen LogP contribution in [0.15, 0.2) is 60.4 Å². The predicted octanol–water partition coefficient (Wildman–Crippen LogP) is 6.39. The lowest BCUT2D eigenvalue weighted by molar-refractivity contribution is 0.412. The van der Waals surface area contributed by atoms with Crippen LogP contribution in [0.2, 0.25) is 0 Å². The molecule has 0 radical (unpaired) electrons.